The highest BCUT2D eigenvalue weighted by atomic mass is 32.1. The Bertz CT molecular complexity index is 668. The molecule has 1 N–H and O–H groups in total. The van der Waals surface area contributed by atoms with Crippen LogP contribution in [0.1, 0.15) is 21.3 Å². The van der Waals surface area contributed by atoms with Crippen molar-refractivity contribution in [2.75, 3.05) is 32.8 Å². The molecule has 0 bridgehead atoms. The highest BCUT2D eigenvalue weighted by molar-refractivity contribution is 7.10. The molecule has 24 heavy (non-hydrogen) atoms. The van der Waals surface area contributed by atoms with E-state index >= 15 is 0 Å². The van der Waals surface area contributed by atoms with E-state index in [4.69, 9.17) is 4.74 Å². The zero-order valence-corrected chi connectivity index (χ0v) is 13.8. The fourth-order valence-electron chi connectivity index (χ4n) is 2.76. The number of morpholine rings is 1. The molecule has 1 fully saturated rings. The third-order valence-corrected chi connectivity index (χ3v) is 4.91. The molecule has 128 valence electrons. The topological polar surface area (TPSA) is 41.6 Å². The van der Waals surface area contributed by atoms with Crippen LogP contribution in [0, 0.1) is 11.6 Å². The Morgan fingerprint density at radius 2 is 1.96 bits per heavy atom. The van der Waals surface area contributed by atoms with Gasteiger partial charge in [0.15, 0.2) is 0 Å². The SMILES string of the molecule is O=C(NC[C@H](c1cccs1)N1CCOCC1)c1cc(F)cc(F)c1. The number of hydrogen-bond acceptors (Lipinski definition) is 4. The van der Waals surface area contributed by atoms with E-state index < -0.39 is 17.5 Å². The fourth-order valence-corrected chi connectivity index (χ4v) is 3.62. The maximum atomic E-state index is 13.3. The number of ether oxygens (including phenoxy) is 1. The monoisotopic (exact) mass is 352 g/mol. The van der Waals surface area contributed by atoms with Crippen LogP contribution < -0.4 is 5.32 Å². The number of carbonyl (C=O) groups is 1. The number of carbonyl (C=O) groups excluding carboxylic acids is 1. The normalized spacial score (nSPS) is 16.8. The summed E-state index contributed by atoms with van der Waals surface area (Å²) in [7, 11) is 0. The molecule has 1 aliphatic rings. The van der Waals surface area contributed by atoms with Crippen molar-refractivity contribution in [3.05, 3.63) is 57.8 Å². The van der Waals surface area contributed by atoms with E-state index in [9.17, 15) is 13.6 Å². The molecular formula is C17H18F2N2O2S. The molecule has 0 radical (unpaired) electrons. The molecule has 7 heteroatoms. The average Bonchev–Trinajstić information content (AvgIpc) is 3.09. The van der Waals surface area contributed by atoms with E-state index in [-0.39, 0.29) is 11.6 Å². The lowest BCUT2D eigenvalue weighted by molar-refractivity contribution is 0.0169. The van der Waals surface area contributed by atoms with Crippen LogP contribution in [0.15, 0.2) is 35.7 Å². The van der Waals surface area contributed by atoms with Gasteiger partial charge in [0.25, 0.3) is 5.91 Å². The summed E-state index contributed by atoms with van der Waals surface area (Å²) in [5, 5.41) is 4.78. The van der Waals surface area contributed by atoms with Gasteiger partial charge in [0, 0.05) is 36.1 Å². The van der Waals surface area contributed by atoms with Gasteiger partial charge in [0.05, 0.1) is 19.3 Å². The quantitative estimate of drug-likeness (QED) is 0.900. The summed E-state index contributed by atoms with van der Waals surface area (Å²) in [6.45, 7) is 3.26. The Balaban J connectivity index is 1.69. The predicted octanol–water partition coefficient (Wildman–Crippen LogP) is 2.83. The molecule has 0 saturated carbocycles. The molecule has 1 atom stereocenters. The average molecular weight is 352 g/mol. The van der Waals surface area contributed by atoms with Gasteiger partial charge in [-0.2, -0.15) is 0 Å². The maximum absolute atomic E-state index is 13.3. The molecule has 1 amide bonds. The first-order chi connectivity index (χ1) is 11.6. The summed E-state index contributed by atoms with van der Waals surface area (Å²) >= 11 is 1.62. The van der Waals surface area contributed by atoms with Crippen LogP contribution in [0.2, 0.25) is 0 Å². The second kappa shape index (κ2) is 7.83. The summed E-state index contributed by atoms with van der Waals surface area (Å²) in [6, 6.07) is 6.84. The van der Waals surface area contributed by atoms with Crippen molar-refractivity contribution in [1.82, 2.24) is 10.2 Å². The minimum atomic E-state index is -0.761. The maximum Gasteiger partial charge on any atom is 0.251 e. The first kappa shape index (κ1) is 17.0. The smallest absolute Gasteiger partial charge is 0.251 e. The summed E-state index contributed by atoms with van der Waals surface area (Å²) in [4.78, 5) is 15.6. The minimum Gasteiger partial charge on any atom is -0.379 e. The molecule has 2 heterocycles. The van der Waals surface area contributed by atoms with E-state index in [2.05, 4.69) is 10.2 Å². The number of nitrogens with one attached hydrogen (secondary N) is 1. The third-order valence-electron chi connectivity index (χ3n) is 3.94. The van der Waals surface area contributed by atoms with E-state index in [1.807, 2.05) is 17.5 Å². The Kier molecular flexibility index (Phi) is 5.55. The van der Waals surface area contributed by atoms with Crippen LogP contribution in [-0.2, 0) is 4.74 Å². The van der Waals surface area contributed by atoms with Crippen molar-refractivity contribution < 1.29 is 18.3 Å². The summed E-state index contributed by atoms with van der Waals surface area (Å²) in [5.41, 5.74) is -0.0144. The van der Waals surface area contributed by atoms with Crippen LogP contribution >= 0.6 is 11.3 Å². The number of hydrogen-bond donors (Lipinski definition) is 1. The lowest BCUT2D eigenvalue weighted by atomic mass is 10.1. The highest BCUT2D eigenvalue weighted by Crippen LogP contribution is 2.25. The van der Waals surface area contributed by atoms with E-state index in [0.29, 0.717) is 19.8 Å². The molecule has 0 unspecified atom stereocenters. The van der Waals surface area contributed by atoms with Gasteiger partial charge >= 0.3 is 0 Å². The van der Waals surface area contributed by atoms with Crippen molar-refractivity contribution in [2.24, 2.45) is 0 Å². The van der Waals surface area contributed by atoms with Crippen molar-refractivity contribution in [1.29, 1.82) is 0 Å². The molecular weight excluding hydrogens is 334 g/mol. The van der Waals surface area contributed by atoms with Crippen molar-refractivity contribution >= 4 is 17.2 Å². The van der Waals surface area contributed by atoms with Gasteiger partial charge in [0.2, 0.25) is 0 Å². The number of rotatable bonds is 5. The fraction of sp³-hybridized carbons (Fsp3) is 0.353. The largest absolute Gasteiger partial charge is 0.379 e. The van der Waals surface area contributed by atoms with Crippen LogP contribution in [0.5, 0.6) is 0 Å². The second-order valence-electron chi connectivity index (χ2n) is 5.55. The van der Waals surface area contributed by atoms with Gasteiger partial charge in [-0.15, -0.1) is 11.3 Å². The number of benzene rings is 1. The summed E-state index contributed by atoms with van der Waals surface area (Å²) in [5.74, 6) is -2.01. The van der Waals surface area contributed by atoms with Gasteiger partial charge in [0.1, 0.15) is 11.6 Å². The van der Waals surface area contributed by atoms with E-state index in [1.54, 1.807) is 11.3 Å². The number of amides is 1. The number of halogens is 2. The Hall–Kier alpha value is -1.83. The summed E-state index contributed by atoms with van der Waals surface area (Å²) in [6.07, 6.45) is 0. The van der Waals surface area contributed by atoms with Crippen molar-refractivity contribution in [3.63, 3.8) is 0 Å². The van der Waals surface area contributed by atoms with Gasteiger partial charge in [-0.3, -0.25) is 9.69 Å². The first-order valence-corrected chi connectivity index (χ1v) is 8.61. The molecule has 1 aliphatic heterocycles. The Morgan fingerprint density at radius 1 is 1.25 bits per heavy atom. The Labute approximate surface area is 143 Å². The highest BCUT2D eigenvalue weighted by Gasteiger charge is 2.24. The van der Waals surface area contributed by atoms with Gasteiger partial charge in [-0.1, -0.05) is 6.07 Å². The number of thiophene rings is 1. The molecule has 0 aliphatic carbocycles. The van der Waals surface area contributed by atoms with Gasteiger partial charge in [-0.05, 0) is 23.6 Å². The second-order valence-corrected chi connectivity index (χ2v) is 6.53. The Morgan fingerprint density at radius 3 is 2.58 bits per heavy atom. The summed E-state index contributed by atoms with van der Waals surface area (Å²) < 4.78 is 31.9. The molecule has 3 rings (SSSR count). The zero-order chi connectivity index (χ0) is 16.9. The lowest BCUT2D eigenvalue weighted by Crippen LogP contribution is -2.43. The third kappa shape index (κ3) is 4.17. The molecule has 1 aromatic heterocycles. The van der Waals surface area contributed by atoms with Crippen LogP contribution in [0.3, 0.4) is 0 Å². The van der Waals surface area contributed by atoms with Crippen molar-refractivity contribution in [3.8, 4) is 0 Å². The zero-order valence-electron chi connectivity index (χ0n) is 13.0. The predicted molar refractivity (Wildman–Crippen MR) is 88.1 cm³/mol. The molecule has 2 aromatic rings. The van der Waals surface area contributed by atoms with Crippen LogP contribution in [0.25, 0.3) is 0 Å². The van der Waals surface area contributed by atoms with Crippen molar-refractivity contribution in [2.45, 2.75) is 6.04 Å². The molecule has 4 nitrogen and oxygen atoms in total. The van der Waals surface area contributed by atoms with Crippen LogP contribution in [-0.4, -0.2) is 43.7 Å². The molecule has 0 spiro atoms. The minimum absolute atomic E-state index is 0.0144. The van der Waals surface area contributed by atoms with Crippen LogP contribution in [0.4, 0.5) is 8.78 Å². The number of nitrogens with zero attached hydrogens (tertiary/aromatic N) is 1. The standard InChI is InChI=1S/C17H18F2N2O2S/c18-13-8-12(9-14(19)10-13)17(22)20-11-15(16-2-1-7-24-16)21-3-5-23-6-4-21/h1-2,7-10,15H,3-6,11H2,(H,20,22)/t15-/m1/s1. The molecule has 1 saturated heterocycles. The van der Waals surface area contributed by atoms with Gasteiger partial charge < -0.3 is 10.1 Å². The van der Waals surface area contributed by atoms with Gasteiger partial charge in [-0.25, -0.2) is 8.78 Å². The molecule has 1 aromatic carbocycles. The first-order valence-electron chi connectivity index (χ1n) is 7.73. The van der Waals surface area contributed by atoms with E-state index in [0.717, 1.165) is 36.2 Å². The van der Waals surface area contributed by atoms with E-state index in [1.165, 1.54) is 0 Å². The lowest BCUT2D eigenvalue weighted by Gasteiger charge is -2.34.